The molecule has 0 unspecified atom stereocenters. The molecule has 0 aliphatic rings. The third kappa shape index (κ3) is 706. The fourth-order valence-electron chi connectivity index (χ4n) is 0. The second kappa shape index (κ2) is 7.99. The van der Waals surface area contributed by atoms with E-state index < -0.39 is 24.6 Å². The van der Waals surface area contributed by atoms with Crippen LogP contribution in [0.25, 0.3) is 0 Å². The van der Waals surface area contributed by atoms with Gasteiger partial charge < -0.3 is 13.0 Å². The minimum atomic E-state index is -5.75. The van der Waals surface area contributed by atoms with Crippen LogP contribution in [-0.4, -0.2) is 31.9 Å². The quantitative estimate of drug-likeness (QED) is 0.194. The van der Waals surface area contributed by atoms with E-state index >= 15 is 0 Å². The van der Waals surface area contributed by atoms with Gasteiger partial charge in [0.2, 0.25) is 0 Å². The molecule has 0 bridgehead atoms. The predicted octanol–water partition coefficient (Wildman–Crippen LogP) is -3.23. The van der Waals surface area contributed by atoms with Crippen molar-refractivity contribution in [3.05, 3.63) is 0 Å². The van der Waals surface area contributed by atoms with Gasteiger partial charge in [-0.25, -0.2) is 0 Å². The van der Waals surface area contributed by atoms with Crippen molar-refractivity contribution < 1.29 is 42.5 Å². The van der Waals surface area contributed by atoms with E-state index in [1.54, 1.807) is 0 Å². The van der Waals surface area contributed by atoms with Gasteiger partial charge in [-0.3, -0.25) is 0 Å². The molecule has 7 nitrogen and oxygen atoms in total. The number of hydrogen-bond donors (Lipinski definition) is 1. The maximum Gasteiger partial charge on any atom is 2.00 e. The second-order valence-corrected chi connectivity index (χ2v) is 2.33. The number of rotatable bonds is 0. The van der Waals surface area contributed by atoms with Gasteiger partial charge in [0.25, 0.3) is 0 Å². The summed E-state index contributed by atoms with van der Waals surface area (Å²) < 4.78 is 58.5. The normalized spacial score (nSPS) is 9.20. The molecule has 60 valence electrons. The smallest absolute Gasteiger partial charge is 2.00 e. The van der Waals surface area contributed by atoms with Gasteiger partial charge in [-0.05, 0) is 0 Å². The van der Waals surface area contributed by atoms with Crippen molar-refractivity contribution in [3.63, 3.8) is 0 Å². The van der Waals surface area contributed by atoms with Crippen LogP contribution in [0.15, 0.2) is 0 Å². The monoisotopic (exact) mass is 405 g/mol. The molecule has 0 saturated heterocycles. The van der Waals surface area contributed by atoms with Crippen LogP contribution in [-0.2, 0) is 40.6 Å². The van der Waals surface area contributed by atoms with Crippen LogP contribution in [0.2, 0.25) is 0 Å². The Morgan fingerprint density at radius 1 is 1.20 bits per heavy atom. The summed E-state index contributed by atoms with van der Waals surface area (Å²) in [5, 5.41) is 0. The average Bonchev–Trinajstić information content (AvgIpc) is 1.19. The third-order valence-electron chi connectivity index (χ3n) is 0. The van der Waals surface area contributed by atoms with Gasteiger partial charge in [0.15, 0.2) is 0 Å². The van der Waals surface area contributed by atoms with Crippen LogP contribution < -0.4 is 8.32 Å². The molecular formula is HCrO7PbS-. The van der Waals surface area contributed by atoms with Gasteiger partial charge in [0.05, 0.1) is 0 Å². The molecule has 0 aliphatic carbocycles. The molecule has 10 heteroatoms. The maximum absolute atomic E-state index is 8.59. The molecule has 10 heavy (non-hydrogen) atoms. The van der Waals surface area contributed by atoms with Crippen molar-refractivity contribution in [2.75, 3.05) is 0 Å². The molecular weight excluding hydrogens is 403 g/mol. The van der Waals surface area contributed by atoms with Crippen molar-refractivity contribution in [1.29, 1.82) is 0 Å². The summed E-state index contributed by atoms with van der Waals surface area (Å²) in [6.07, 6.45) is 0. The van der Waals surface area contributed by atoms with E-state index in [2.05, 4.69) is 0 Å². The Labute approximate surface area is 80.4 Å². The minimum absolute atomic E-state index is 0. The molecule has 0 aromatic carbocycles. The second-order valence-electron chi connectivity index (χ2n) is 0.625. The van der Waals surface area contributed by atoms with Gasteiger partial charge >= 0.3 is 56.8 Å². The zero-order valence-corrected chi connectivity index (χ0v) is 10.2. The molecule has 0 atom stereocenters. The zero-order chi connectivity index (χ0) is 8.08. The van der Waals surface area contributed by atoms with Gasteiger partial charge in [-0.2, -0.15) is 0 Å². The Bertz CT molecular complexity index is 194. The van der Waals surface area contributed by atoms with E-state index in [9.17, 15) is 0 Å². The summed E-state index contributed by atoms with van der Waals surface area (Å²) in [6, 6.07) is 0. The molecule has 0 heterocycles. The van der Waals surface area contributed by atoms with E-state index in [1.807, 2.05) is 0 Å². The first-order valence-electron chi connectivity index (χ1n) is 1.18. The SMILES string of the molecule is O=[S-](=O)O.[O]=[Cr](=[O])([O-])[O-].[Pb+2]. The van der Waals surface area contributed by atoms with Crippen LogP contribution in [0.4, 0.5) is 0 Å². The van der Waals surface area contributed by atoms with E-state index in [4.69, 9.17) is 28.9 Å². The average molecular weight is 404 g/mol. The van der Waals surface area contributed by atoms with Crippen molar-refractivity contribution in [3.8, 4) is 0 Å². The van der Waals surface area contributed by atoms with Crippen molar-refractivity contribution in [2.24, 2.45) is 0 Å². The molecule has 0 aliphatic heterocycles. The Balaban J connectivity index is -0.0000000910. The van der Waals surface area contributed by atoms with Crippen molar-refractivity contribution in [1.82, 2.24) is 0 Å². The standard InChI is InChI=1S/Cr.HO3S.4O.Pb/c;1-4(2)3;;;;;/h;(H,1,2,3);;;;;/q;-1;;;2*-1;+2. The first-order valence-corrected chi connectivity index (χ1v) is 4.30. The summed E-state index contributed by atoms with van der Waals surface area (Å²) in [4.78, 5) is 0. The number of hydrogen-bond acceptors (Lipinski definition) is 7. The van der Waals surface area contributed by atoms with Crippen molar-refractivity contribution >= 4 is 38.3 Å². The fraction of sp³-hybridized carbons (Fsp3) is 0. The first-order chi connectivity index (χ1) is 3.73. The molecule has 0 amide bonds. The fourth-order valence-corrected chi connectivity index (χ4v) is 0. The van der Waals surface area contributed by atoms with E-state index in [-0.39, 0.29) is 27.3 Å². The Morgan fingerprint density at radius 3 is 1.20 bits per heavy atom. The van der Waals surface area contributed by atoms with Crippen molar-refractivity contribution in [2.45, 2.75) is 0 Å². The minimum Gasteiger partial charge on any atom is 2.00 e. The van der Waals surface area contributed by atoms with E-state index in [0.717, 1.165) is 0 Å². The molecule has 0 aromatic rings. The molecule has 0 rings (SSSR count). The Kier molecular flexibility index (Phi) is 13.7. The van der Waals surface area contributed by atoms with Gasteiger partial charge in [-0.15, -0.1) is 0 Å². The van der Waals surface area contributed by atoms with Gasteiger partial charge in [0, 0.05) is 11.0 Å². The summed E-state index contributed by atoms with van der Waals surface area (Å²) in [7, 11) is -2.86. The molecule has 1 N–H and O–H groups in total. The maximum atomic E-state index is 8.59. The molecule has 0 spiro atoms. The van der Waals surface area contributed by atoms with E-state index in [0.29, 0.717) is 0 Å². The Morgan fingerprint density at radius 2 is 1.20 bits per heavy atom. The molecule has 2 radical (unpaired) electrons. The Hall–Kier alpha value is 0.885. The molecule has 0 saturated carbocycles. The molecule has 0 aromatic heterocycles. The largest absolute Gasteiger partial charge is 2.00 e. The predicted molar refractivity (Wildman–Crippen MR) is 18.5 cm³/mol. The van der Waals surface area contributed by atoms with Crippen LogP contribution in [0.3, 0.4) is 0 Å². The van der Waals surface area contributed by atoms with Crippen LogP contribution in [0.5, 0.6) is 0 Å². The molecule has 0 fully saturated rings. The summed E-state index contributed by atoms with van der Waals surface area (Å²) in [5.74, 6) is 0. The first kappa shape index (κ1) is 17.1. The summed E-state index contributed by atoms with van der Waals surface area (Å²) in [6.45, 7) is 0. The van der Waals surface area contributed by atoms with E-state index in [1.165, 1.54) is 0 Å². The topological polar surface area (TPSA) is 135 Å². The third-order valence-corrected chi connectivity index (χ3v) is 0. The van der Waals surface area contributed by atoms with Crippen LogP contribution >= 0.6 is 0 Å². The van der Waals surface area contributed by atoms with Gasteiger partial charge in [-0.1, -0.05) is 0 Å². The summed E-state index contributed by atoms with van der Waals surface area (Å²) >= 11 is -5.75. The summed E-state index contributed by atoms with van der Waals surface area (Å²) in [5.41, 5.74) is 0. The zero-order valence-electron chi connectivity index (χ0n) is 4.21. The van der Waals surface area contributed by atoms with Crippen LogP contribution in [0.1, 0.15) is 0 Å². The van der Waals surface area contributed by atoms with Gasteiger partial charge in [0.1, 0.15) is 0 Å². The van der Waals surface area contributed by atoms with Crippen LogP contribution in [0, 0.1) is 0 Å².